The first-order valence-electron chi connectivity index (χ1n) is 2.29. The Hall–Kier alpha value is 0.434. The fourth-order valence-electron chi connectivity index (χ4n) is 0.237. The van der Waals surface area contributed by atoms with Crippen molar-refractivity contribution in [2.45, 2.75) is 0 Å². The molecule has 6 nitrogen and oxygen atoms in total. The molecule has 0 saturated carbocycles. The van der Waals surface area contributed by atoms with Gasteiger partial charge in [-0.2, -0.15) is 0 Å². The van der Waals surface area contributed by atoms with Gasteiger partial charge >= 0.3 is 161 Å². The minimum absolute atomic E-state index is 0. The van der Waals surface area contributed by atoms with Crippen molar-refractivity contribution in [2.24, 2.45) is 0 Å². The van der Waals surface area contributed by atoms with Gasteiger partial charge in [-0.15, -0.1) is 0 Å². The molecule has 0 aliphatic heterocycles. The largest absolute Gasteiger partial charge is 1.00 e. The topological polar surface area (TPSA) is 143 Å². The molecule has 10 heteroatoms. The van der Waals surface area contributed by atoms with E-state index in [1.54, 1.807) is 0 Å². The maximum Gasteiger partial charge on any atom is 1.00 e. The average molecular weight is 284 g/mol. The molecular formula is C6N6Na3Ni. The van der Waals surface area contributed by atoms with E-state index in [4.69, 9.17) is 31.6 Å². The minimum atomic E-state index is -5.90. The van der Waals surface area contributed by atoms with Crippen molar-refractivity contribution in [3.05, 3.63) is 0 Å². The van der Waals surface area contributed by atoms with Crippen LogP contribution in [0, 0.1) is 61.8 Å². The Bertz CT molecular complexity index is 398. The van der Waals surface area contributed by atoms with Gasteiger partial charge in [-0.3, -0.25) is 0 Å². The van der Waals surface area contributed by atoms with Crippen LogP contribution in [0.2, 0.25) is 0 Å². The van der Waals surface area contributed by atoms with Crippen LogP contribution in [0.1, 0.15) is 0 Å². The molecular weight excluding hydrogens is 284 g/mol. The molecule has 0 rings (SSSR count). The van der Waals surface area contributed by atoms with Crippen molar-refractivity contribution < 1.29 is 99.0 Å². The molecule has 67 valence electrons. The Balaban J connectivity index is -0.000000240. The molecule has 0 radical (unpaired) electrons. The van der Waals surface area contributed by atoms with E-state index in [-0.39, 0.29) is 88.7 Å². The average Bonchev–Trinajstić information content (AvgIpc) is 2.26. The quantitative estimate of drug-likeness (QED) is 0.404. The molecule has 0 unspecified atom stereocenters. The zero-order chi connectivity index (χ0) is 10.7. The van der Waals surface area contributed by atoms with Gasteiger partial charge in [0.05, 0.1) is 0 Å². The molecule has 0 atom stereocenters. The van der Waals surface area contributed by atoms with Crippen molar-refractivity contribution >= 4 is 0 Å². The summed E-state index contributed by atoms with van der Waals surface area (Å²) in [6.45, 7) is 0. The molecule has 0 aromatic heterocycles. The van der Waals surface area contributed by atoms with Crippen LogP contribution in [0.4, 0.5) is 0 Å². The molecule has 0 amide bonds. The van der Waals surface area contributed by atoms with Gasteiger partial charge in [0.2, 0.25) is 0 Å². The maximum atomic E-state index is 8.57. The van der Waals surface area contributed by atoms with Crippen molar-refractivity contribution in [1.29, 1.82) is 31.6 Å². The van der Waals surface area contributed by atoms with Gasteiger partial charge in [0.1, 0.15) is 0 Å². The summed E-state index contributed by atoms with van der Waals surface area (Å²) in [5.74, 6) is 0. The standard InChI is InChI=1S/6CN.3Na.Ni/c6*1-2;;;;/q;;;;;;3*+1;-3. The Morgan fingerprint density at radius 2 is 0.562 bits per heavy atom. The van der Waals surface area contributed by atoms with E-state index in [2.05, 4.69) is 0 Å². The predicted octanol–water partition coefficient (Wildman–Crippen LogP) is -8.89. The summed E-state index contributed by atoms with van der Waals surface area (Å²) in [5, 5.41) is 57.5. The summed E-state index contributed by atoms with van der Waals surface area (Å²) >= 11 is 0. The summed E-state index contributed by atoms with van der Waals surface area (Å²) in [7, 11) is -5.90. The second-order valence-corrected chi connectivity index (χ2v) is 6.64. The molecule has 0 fully saturated rings. The monoisotopic (exact) mass is 283 g/mol. The Kier molecular flexibility index (Phi) is 11.1. The number of nitriles is 6. The molecule has 0 aliphatic rings. The third-order valence-electron chi connectivity index (χ3n) is 1.06. The summed E-state index contributed by atoms with van der Waals surface area (Å²) in [6.07, 6.45) is 0. The van der Waals surface area contributed by atoms with E-state index in [1.165, 1.54) is 0 Å². The first-order chi connectivity index (χ1) is 5.97. The third-order valence-corrected chi connectivity index (χ3v) is 4.37. The molecule has 0 heterocycles. The van der Waals surface area contributed by atoms with E-state index in [1.807, 2.05) is 0 Å². The zero-order valence-electron chi connectivity index (χ0n) is 9.00. The van der Waals surface area contributed by atoms with Crippen LogP contribution in [0.5, 0.6) is 0 Å². The first kappa shape index (κ1) is 25.3. The van der Waals surface area contributed by atoms with Crippen LogP contribution < -0.4 is 88.7 Å². The number of hydrogen-bond acceptors (Lipinski definition) is 6. The molecule has 0 aliphatic carbocycles. The van der Waals surface area contributed by atoms with Gasteiger partial charge in [-0.25, -0.2) is 0 Å². The van der Waals surface area contributed by atoms with Gasteiger partial charge in [0.15, 0.2) is 0 Å². The van der Waals surface area contributed by atoms with Gasteiger partial charge in [0.25, 0.3) is 0 Å². The third kappa shape index (κ3) is 2.81. The summed E-state index contributed by atoms with van der Waals surface area (Å²) in [5.41, 5.74) is 0. The second kappa shape index (κ2) is 7.00. The van der Waals surface area contributed by atoms with E-state index < -0.39 is 10.3 Å². The van der Waals surface area contributed by atoms with Crippen LogP contribution in [-0.2, 0) is 10.3 Å². The zero-order valence-corrected chi connectivity index (χ0v) is 16.0. The van der Waals surface area contributed by atoms with Crippen LogP contribution in [0.15, 0.2) is 0 Å². The molecule has 16 heavy (non-hydrogen) atoms. The van der Waals surface area contributed by atoms with Gasteiger partial charge in [-0.1, -0.05) is 0 Å². The second-order valence-electron chi connectivity index (χ2n) is 1.61. The smallest absolute Gasteiger partial charge is 1.00 e. The summed E-state index contributed by atoms with van der Waals surface area (Å²) in [6, 6.07) is 0. The predicted molar refractivity (Wildman–Crippen MR) is 33.7 cm³/mol. The molecule has 0 bridgehead atoms. The Morgan fingerprint density at radius 3 is 0.562 bits per heavy atom. The summed E-state index contributed by atoms with van der Waals surface area (Å²) in [4.78, 5) is 0. The van der Waals surface area contributed by atoms with Crippen LogP contribution >= 0.6 is 0 Å². The Labute approximate surface area is 158 Å². The fraction of sp³-hybridized carbons (Fsp3) is 0. The van der Waals surface area contributed by atoms with Crippen LogP contribution in [0.3, 0.4) is 0 Å². The number of rotatable bonds is 0. The van der Waals surface area contributed by atoms with Gasteiger partial charge in [-0.05, 0) is 0 Å². The van der Waals surface area contributed by atoms with Crippen molar-refractivity contribution in [1.82, 2.24) is 0 Å². The van der Waals surface area contributed by atoms with Crippen LogP contribution in [0.25, 0.3) is 0 Å². The van der Waals surface area contributed by atoms with Gasteiger partial charge in [0, 0.05) is 0 Å². The van der Waals surface area contributed by atoms with Gasteiger partial charge < -0.3 is 0 Å². The van der Waals surface area contributed by atoms with Crippen molar-refractivity contribution in [3.63, 3.8) is 0 Å². The molecule has 0 aromatic carbocycles. The van der Waals surface area contributed by atoms with E-state index in [0.29, 0.717) is 0 Å². The number of hydrogen-bond donors (Lipinski definition) is 0. The maximum absolute atomic E-state index is 8.57. The van der Waals surface area contributed by atoms with E-state index in [9.17, 15) is 0 Å². The molecule has 0 N–H and O–H groups in total. The van der Waals surface area contributed by atoms with Crippen molar-refractivity contribution in [2.75, 3.05) is 0 Å². The van der Waals surface area contributed by atoms with Crippen LogP contribution in [-0.4, -0.2) is 0 Å². The summed E-state index contributed by atoms with van der Waals surface area (Å²) < 4.78 is 0. The normalized spacial score (nSPS) is 10.9. The number of nitrogens with zero attached hydrogens (tertiary/aromatic N) is 6. The van der Waals surface area contributed by atoms with E-state index in [0.717, 1.165) is 30.2 Å². The molecule has 0 aromatic rings. The minimum Gasteiger partial charge on any atom is 1.00 e. The fourth-order valence-corrected chi connectivity index (χ4v) is 0.978. The SMILES string of the molecule is N#[C][Ni-3]([C]#N)([C]#N)([C]#N)([C]#N)[C]#N.[Na+].[Na+].[Na+]. The Morgan fingerprint density at radius 1 is 0.438 bits per heavy atom. The van der Waals surface area contributed by atoms with E-state index >= 15 is 0 Å². The molecule has 0 spiro atoms. The first-order valence-corrected chi connectivity index (χ1v) is 5.25. The van der Waals surface area contributed by atoms with Crippen molar-refractivity contribution in [3.8, 4) is 30.2 Å². The molecule has 0 saturated heterocycles.